The number of benzene rings is 1. The summed E-state index contributed by atoms with van der Waals surface area (Å²) in [5, 5.41) is 11.9. The maximum Gasteiger partial charge on any atom is 0.346 e. The number of carbonyl (C=O) groups is 2. The molecule has 0 aliphatic heterocycles. The van der Waals surface area contributed by atoms with E-state index in [1.54, 1.807) is 13.0 Å². The van der Waals surface area contributed by atoms with E-state index in [1.807, 2.05) is 0 Å². The molecule has 0 spiro atoms. The van der Waals surface area contributed by atoms with Gasteiger partial charge in [-0.25, -0.2) is 9.18 Å². The smallest absolute Gasteiger partial charge is 0.346 e. The number of nitrogens with one attached hydrogen (secondary N) is 1. The number of anilines is 1. The highest BCUT2D eigenvalue weighted by molar-refractivity contribution is 7.18. The van der Waals surface area contributed by atoms with Crippen molar-refractivity contribution < 1.29 is 23.8 Å². The van der Waals surface area contributed by atoms with Gasteiger partial charge in [0.25, 0.3) is 5.91 Å². The van der Waals surface area contributed by atoms with Gasteiger partial charge >= 0.3 is 5.97 Å². The molecule has 0 bridgehead atoms. The topological polar surface area (TPSA) is 75.6 Å². The molecule has 0 saturated carbocycles. The van der Waals surface area contributed by atoms with Crippen molar-refractivity contribution in [1.29, 1.82) is 0 Å². The fraction of sp³-hybridized carbons (Fsp3) is 0.143. The normalized spacial score (nSPS) is 10.2. The molecule has 0 saturated heterocycles. The number of carboxylic acids is 1. The Morgan fingerprint density at radius 3 is 2.76 bits per heavy atom. The maximum absolute atomic E-state index is 12.9. The van der Waals surface area contributed by atoms with E-state index in [0.29, 0.717) is 10.6 Å². The van der Waals surface area contributed by atoms with Crippen LogP contribution in [0.15, 0.2) is 30.3 Å². The van der Waals surface area contributed by atoms with Gasteiger partial charge in [0, 0.05) is 6.07 Å². The van der Waals surface area contributed by atoms with Crippen LogP contribution in [-0.2, 0) is 4.79 Å². The highest BCUT2D eigenvalue weighted by Gasteiger charge is 2.13. The molecule has 2 N–H and O–H groups in total. The zero-order chi connectivity index (χ0) is 15.4. The Kier molecular flexibility index (Phi) is 4.54. The van der Waals surface area contributed by atoms with Crippen molar-refractivity contribution in [2.75, 3.05) is 11.9 Å². The predicted molar refractivity (Wildman–Crippen MR) is 76.5 cm³/mol. The molecule has 110 valence electrons. The Bertz CT molecular complexity index is 683. The van der Waals surface area contributed by atoms with Gasteiger partial charge in [-0.15, -0.1) is 11.3 Å². The second kappa shape index (κ2) is 6.36. The summed E-state index contributed by atoms with van der Waals surface area (Å²) in [5.41, 5.74) is 0.578. The number of ether oxygens (including phenoxy) is 1. The Morgan fingerprint density at radius 1 is 1.38 bits per heavy atom. The number of halogens is 1. The van der Waals surface area contributed by atoms with E-state index in [-0.39, 0.29) is 17.2 Å². The van der Waals surface area contributed by atoms with Crippen molar-refractivity contribution in [2.24, 2.45) is 0 Å². The van der Waals surface area contributed by atoms with Crippen LogP contribution in [0.25, 0.3) is 0 Å². The Hall–Kier alpha value is -2.41. The minimum atomic E-state index is -1.03. The molecular weight excluding hydrogens is 297 g/mol. The van der Waals surface area contributed by atoms with Crippen molar-refractivity contribution in [3.05, 3.63) is 46.6 Å². The average molecular weight is 309 g/mol. The van der Waals surface area contributed by atoms with Gasteiger partial charge in [0.15, 0.2) is 6.61 Å². The van der Waals surface area contributed by atoms with Crippen LogP contribution in [0.5, 0.6) is 5.75 Å². The van der Waals surface area contributed by atoms with Crippen molar-refractivity contribution in [2.45, 2.75) is 6.92 Å². The number of aryl methyl sites for hydroxylation is 1. The molecule has 1 aromatic heterocycles. The Labute approximate surface area is 124 Å². The lowest BCUT2D eigenvalue weighted by Crippen LogP contribution is -2.19. The van der Waals surface area contributed by atoms with Crippen molar-refractivity contribution in [3.63, 3.8) is 0 Å². The number of aromatic carboxylic acids is 1. The summed E-state index contributed by atoms with van der Waals surface area (Å²) in [5.74, 6) is -1.68. The number of hydrogen-bond donors (Lipinski definition) is 2. The van der Waals surface area contributed by atoms with Crippen LogP contribution in [0.4, 0.5) is 9.39 Å². The van der Waals surface area contributed by atoms with Crippen LogP contribution in [0.2, 0.25) is 0 Å². The van der Waals surface area contributed by atoms with Crippen LogP contribution < -0.4 is 10.1 Å². The largest absolute Gasteiger partial charge is 0.484 e. The number of amides is 1. The van der Waals surface area contributed by atoms with E-state index in [2.05, 4.69) is 5.32 Å². The molecule has 2 aromatic rings. The number of hydrogen-bond acceptors (Lipinski definition) is 4. The third-order valence-corrected chi connectivity index (χ3v) is 3.68. The number of carbonyl (C=O) groups excluding carboxylic acids is 1. The molecule has 1 aromatic carbocycles. The minimum Gasteiger partial charge on any atom is -0.484 e. The summed E-state index contributed by atoms with van der Waals surface area (Å²) in [4.78, 5) is 22.8. The first-order chi connectivity index (χ1) is 9.95. The Balaban J connectivity index is 1.93. The summed E-state index contributed by atoms with van der Waals surface area (Å²) in [7, 11) is 0. The third kappa shape index (κ3) is 4.03. The van der Waals surface area contributed by atoms with Gasteiger partial charge in [0.1, 0.15) is 16.4 Å². The molecule has 0 atom stereocenters. The van der Waals surface area contributed by atoms with E-state index in [9.17, 15) is 14.0 Å². The number of carboxylic acid groups (broad SMARTS) is 1. The molecule has 7 heteroatoms. The molecule has 0 radical (unpaired) electrons. The standard InChI is InChI=1S/C14H12FNO4S/c1-8-5-12(21-13(8)14(18)19)16-11(17)7-20-10-4-2-3-9(15)6-10/h2-6H,7H2,1H3,(H,16,17)(H,18,19). The van der Waals surface area contributed by atoms with Crippen LogP contribution >= 0.6 is 11.3 Å². The summed E-state index contributed by atoms with van der Waals surface area (Å²) in [6.45, 7) is 1.36. The summed E-state index contributed by atoms with van der Waals surface area (Å²) in [6, 6.07) is 7.03. The van der Waals surface area contributed by atoms with E-state index < -0.39 is 17.7 Å². The monoisotopic (exact) mass is 309 g/mol. The quantitative estimate of drug-likeness (QED) is 0.890. The first-order valence-corrected chi connectivity index (χ1v) is 6.79. The van der Waals surface area contributed by atoms with Gasteiger partial charge in [-0.05, 0) is 30.7 Å². The number of rotatable bonds is 5. The molecule has 21 heavy (non-hydrogen) atoms. The van der Waals surface area contributed by atoms with Crippen LogP contribution in [0.3, 0.4) is 0 Å². The Morgan fingerprint density at radius 2 is 2.14 bits per heavy atom. The zero-order valence-corrected chi connectivity index (χ0v) is 11.9. The fourth-order valence-electron chi connectivity index (χ4n) is 1.64. The molecule has 0 unspecified atom stereocenters. The van der Waals surface area contributed by atoms with Gasteiger partial charge in [0.2, 0.25) is 0 Å². The van der Waals surface area contributed by atoms with E-state index in [0.717, 1.165) is 11.3 Å². The average Bonchev–Trinajstić information content (AvgIpc) is 2.77. The van der Waals surface area contributed by atoms with Gasteiger partial charge in [-0.2, -0.15) is 0 Å². The van der Waals surface area contributed by atoms with E-state index in [1.165, 1.54) is 24.3 Å². The molecule has 1 heterocycles. The van der Waals surface area contributed by atoms with Crippen LogP contribution in [0, 0.1) is 12.7 Å². The molecule has 1 amide bonds. The van der Waals surface area contributed by atoms with Crippen LogP contribution in [0.1, 0.15) is 15.2 Å². The minimum absolute atomic E-state index is 0.177. The highest BCUT2D eigenvalue weighted by Crippen LogP contribution is 2.26. The van der Waals surface area contributed by atoms with Gasteiger partial charge in [-0.3, -0.25) is 4.79 Å². The zero-order valence-electron chi connectivity index (χ0n) is 11.1. The number of thiophene rings is 1. The lowest BCUT2D eigenvalue weighted by atomic mass is 10.3. The lowest BCUT2D eigenvalue weighted by molar-refractivity contribution is -0.118. The van der Waals surface area contributed by atoms with Crippen molar-refractivity contribution in [1.82, 2.24) is 0 Å². The van der Waals surface area contributed by atoms with Gasteiger partial charge in [0.05, 0.1) is 5.00 Å². The highest BCUT2D eigenvalue weighted by atomic mass is 32.1. The van der Waals surface area contributed by atoms with Crippen molar-refractivity contribution >= 4 is 28.2 Å². The maximum atomic E-state index is 12.9. The van der Waals surface area contributed by atoms with Crippen LogP contribution in [-0.4, -0.2) is 23.6 Å². The molecule has 5 nitrogen and oxygen atoms in total. The lowest BCUT2D eigenvalue weighted by Gasteiger charge is -2.06. The van der Waals surface area contributed by atoms with Gasteiger partial charge in [-0.1, -0.05) is 6.07 Å². The first kappa shape index (κ1) is 15.0. The predicted octanol–water partition coefficient (Wildman–Crippen LogP) is 2.91. The van der Waals surface area contributed by atoms with E-state index >= 15 is 0 Å². The van der Waals surface area contributed by atoms with Gasteiger partial charge < -0.3 is 15.2 Å². The third-order valence-electron chi connectivity index (χ3n) is 2.54. The second-order valence-corrected chi connectivity index (χ2v) is 5.27. The first-order valence-electron chi connectivity index (χ1n) is 5.97. The SMILES string of the molecule is Cc1cc(NC(=O)COc2cccc(F)c2)sc1C(=O)O. The molecular formula is C14H12FNO4S. The van der Waals surface area contributed by atoms with E-state index in [4.69, 9.17) is 9.84 Å². The summed E-state index contributed by atoms with van der Waals surface area (Å²) >= 11 is 0.973. The summed E-state index contributed by atoms with van der Waals surface area (Å²) in [6.07, 6.45) is 0. The molecule has 0 aliphatic carbocycles. The molecule has 0 fully saturated rings. The molecule has 0 aliphatic rings. The summed E-state index contributed by atoms with van der Waals surface area (Å²) < 4.78 is 18.1. The van der Waals surface area contributed by atoms with Crippen molar-refractivity contribution in [3.8, 4) is 5.75 Å². The second-order valence-electron chi connectivity index (χ2n) is 4.22. The fourth-order valence-corrected chi connectivity index (χ4v) is 2.56. The molecule has 2 rings (SSSR count).